The van der Waals surface area contributed by atoms with E-state index in [4.69, 9.17) is 4.74 Å². The summed E-state index contributed by atoms with van der Waals surface area (Å²) in [6, 6.07) is 7.60. The first-order valence-corrected chi connectivity index (χ1v) is 8.93. The second kappa shape index (κ2) is 6.56. The Bertz CT molecular complexity index is 1350. The molecule has 3 heterocycles. The fourth-order valence-electron chi connectivity index (χ4n) is 3.45. The molecule has 0 aliphatic carbocycles. The summed E-state index contributed by atoms with van der Waals surface area (Å²) < 4.78 is 11.6. The van der Waals surface area contributed by atoms with E-state index in [0.29, 0.717) is 16.9 Å². The van der Waals surface area contributed by atoms with Crippen molar-refractivity contribution in [1.29, 1.82) is 0 Å². The van der Waals surface area contributed by atoms with Gasteiger partial charge in [-0.05, 0) is 26.0 Å². The molecular formula is C20H21N5O3. The molecule has 28 heavy (non-hydrogen) atoms. The van der Waals surface area contributed by atoms with Gasteiger partial charge in [0.15, 0.2) is 11.2 Å². The maximum atomic E-state index is 13.1. The van der Waals surface area contributed by atoms with Crippen LogP contribution in [0.1, 0.15) is 12.6 Å². The van der Waals surface area contributed by atoms with Crippen molar-refractivity contribution in [3.63, 3.8) is 0 Å². The van der Waals surface area contributed by atoms with E-state index in [0.717, 1.165) is 17.1 Å². The van der Waals surface area contributed by atoms with Crippen molar-refractivity contribution in [2.45, 2.75) is 20.4 Å². The SMILES string of the molecule is C/C=C/Cn1c(=O)c2c(nc3n(-c4cccc(OC)c4)c(C)cn23)n(C)c1=O. The normalized spacial score (nSPS) is 11.9. The van der Waals surface area contributed by atoms with Crippen molar-refractivity contribution >= 4 is 16.9 Å². The Balaban J connectivity index is 2.09. The van der Waals surface area contributed by atoms with E-state index in [9.17, 15) is 9.59 Å². The Morgan fingerprint density at radius 1 is 1.25 bits per heavy atom. The van der Waals surface area contributed by atoms with Crippen LogP contribution in [0.15, 0.2) is 52.2 Å². The molecule has 8 heteroatoms. The molecule has 4 rings (SSSR count). The molecule has 144 valence electrons. The first-order chi connectivity index (χ1) is 13.5. The van der Waals surface area contributed by atoms with Crippen molar-refractivity contribution in [1.82, 2.24) is 23.1 Å². The molecule has 0 radical (unpaired) electrons. The number of fused-ring (bicyclic) bond motifs is 3. The number of ether oxygens (including phenoxy) is 1. The molecule has 0 spiro atoms. The van der Waals surface area contributed by atoms with E-state index in [-0.39, 0.29) is 17.8 Å². The van der Waals surface area contributed by atoms with Crippen molar-refractivity contribution < 1.29 is 4.74 Å². The lowest BCUT2D eigenvalue weighted by Crippen LogP contribution is -2.39. The van der Waals surface area contributed by atoms with Gasteiger partial charge in [-0.1, -0.05) is 18.2 Å². The summed E-state index contributed by atoms with van der Waals surface area (Å²) in [5.74, 6) is 1.29. The lowest BCUT2D eigenvalue weighted by atomic mass is 10.3. The summed E-state index contributed by atoms with van der Waals surface area (Å²) >= 11 is 0. The van der Waals surface area contributed by atoms with Gasteiger partial charge in [-0.2, -0.15) is 4.98 Å². The Morgan fingerprint density at radius 3 is 2.75 bits per heavy atom. The van der Waals surface area contributed by atoms with Gasteiger partial charge < -0.3 is 4.74 Å². The van der Waals surface area contributed by atoms with Crippen LogP contribution in [0.5, 0.6) is 5.75 Å². The number of aromatic nitrogens is 5. The molecule has 0 amide bonds. The van der Waals surface area contributed by atoms with Gasteiger partial charge in [-0.15, -0.1) is 0 Å². The van der Waals surface area contributed by atoms with Crippen molar-refractivity contribution in [3.8, 4) is 11.4 Å². The molecule has 0 unspecified atom stereocenters. The average Bonchev–Trinajstić information content (AvgIpc) is 3.20. The van der Waals surface area contributed by atoms with Crippen LogP contribution in [0.25, 0.3) is 22.6 Å². The maximum Gasteiger partial charge on any atom is 0.332 e. The van der Waals surface area contributed by atoms with Crippen LogP contribution in [0.2, 0.25) is 0 Å². The molecule has 1 aromatic carbocycles. The number of rotatable bonds is 4. The Labute approximate surface area is 160 Å². The minimum absolute atomic E-state index is 0.223. The number of aryl methyl sites for hydroxylation is 2. The van der Waals surface area contributed by atoms with Crippen LogP contribution < -0.4 is 16.0 Å². The number of benzene rings is 1. The van der Waals surface area contributed by atoms with E-state index in [1.165, 1.54) is 9.13 Å². The standard InChI is InChI=1S/C20H21N5O3/c1-5-6-10-23-18(26)16-17(22(3)20(23)27)21-19-24(16)12-13(2)25(19)14-8-7-9-15(11-14)28-4/h5-9,11-12H,10H2,1-4H3/b6-5+. The smallest absolute Gasteiger partial charge is 0.332 e. The first kappa shape index (κ1) is 17.8. The topological polar surface area (TPSA) is 75.5 Å². The minimum Gasteiger partial charge on any atom is -0.497 e. The summed E-state index contributed by atoms with van der Waals surface area (Å²) in [5.41, 5.74) is 1.77. The lowest BCUT2D eigenvalue weighted by molar-refractivity contribution is 0.414. The number of methoxy groups -OCH3 is 1. The van der Waals surface area contributed by atoms with Crippen LogP contribution in [-0.2, 0) is 13.6 Å². The van der Waals surface area contributed by atoms with Crippen LogP contribution >= 0.6 is 0 Å². The number of hydrogen-bond acceptors (Lipinski definition) is 4. The summed E-state index contributed by atoms with van der Waals surface area (Å²) in [4.78, 5) is 30.3. The zero-order chi connectivity index (χ0) is 20.0. The molecule has 0 fully saturated rings. The summed E-state index contributed by atoms with van der Waals surface area (Å²) in [6.45, 7) is 4.02. The monoisotopic (exact) mass is 379 g/mol. The highest BCUT2D eigenvalue weighted by Gasteiger charge is 2.20. The number of hydrogen-bond donors (Lipinski definition) is 0. The van der Waals surface area contributed by atoms with Crippen LogP contribution in [0, 0.1) is 6.92 Å². The second-order valence-corrected chi connectivity index (χ2v) is 6.59. The predicted molar refractivity (Wildman–Crippen MR) is 108 cm³/mol. The van der Waals surface area contributed by atoms with Gasteiger partial charge in [0.1, 0.15) is 5.75 Å². The van der Waals surface area contributed by atoms with Crippen LogP contribution in [-0.4, -0.2) is 30.2 Å². The van der Waals surface area contributed by atoms with E-state index in [1.807, 2.05) is 55.0 Å². The van der Waals surface area contributed by atoms with Crippen molar-refractivity contribution in [2.75, 3.05) is 7.11 Å². The zero-order valence-electron chi connectivity index (χ0n) is 16.2. The predicted octanol–water partition coefficient (Wildman–Crippen LogP) is 2.03. The van der Waals surface area contributed by atoms with E-state index in [2.05, 4.69) is 4.98 Å². The highest BCUT2D eigenvalue weighted by atomic mass is 16.5. The summed E-state index contributed by atoms with van der Waals surface area (Å²) in [5, 5.41) is 0. The molecule has 0 saturated heterocycles. The molecule has 4 aromatic rings. The fourth-order valence-corrected chi connectivity index (χ4v) is 3.45. The van der Waals surface area contributed by atoms with E-state index in [1.54, 1.807) is 24.6 Å². The third kappa shape index (κ3) is 2.49. The first-order valence-electron chi connectivity index (χ1n) is 8.93. The van der Waals surface area contributed by atoms with Gasteiger partial charge in [-0.25, -0.2) is 4.79 Å². The van der Waals surface area contributed by atoms with Gasteiger partial charge in [-0.3, -0.25) is 22.9 Å². The Kier molecular flexibility index (Phi) is 4.18. The van der Waals surface area contributed by atoms with E-state index >= 15 is 0 Å². The van der Waals surface area contributed by atoms with Gasteiger partial charge >= 0.3 is 5.69 Å². The number of imidazole rings is 2. The van der Waals surface area contributed by atoms with Gasteiger partial charge in [0.25, 0.3) is 5.56 Å². The molecule has 0 N–H and O–H groups in total. The molecule has 0 aliphatic heterocycles. The van der Waals surface area contributed by atoms with E-state index < -0.39 is 0 Å². The largest absolute Gasteiger partial charge is 0.497 e. The van der Waals surface area contributed by atoms with Crippen molar-refractivity contribution in [2.24, 2.45) is 7.05 Å². The average molecular weight is 379 g/mol. The fraction of sp³-hybridized carbons (Fsp3) is 0.250. The maximum absolute atomic E-state index is 13.1. The highest BCUT2D eigenvalue weighted by molar-refractivity contribution is 5.76. The highest BCUT2D eigenvalue weighted by Crippen LogP contribution is 2.23. The van der Waals surface area contributed by atoms with Crippen molar-refractivity contribution in [3.05, 3.63) is 69.1 Å². The Hall–Kier alpha value is -3.55. The van der Waals surface area contributed by atoms with Gasteiger partial charge in [0, 0.05) is 31.5 Å². The third-order valence-electron chi connectivity index (χ3n) is 4.86. The molecule has 0 aliphatic rings. The molecular weight excluding hydrogens is 358 g/mol. The third-order valence-corrected chi connectivity index (χ3v) is 4.86. The number of allylic oxidation sites excluding steroid dienone is 2. The van der Waals surface area contributed by atoms with Crippen LogP contribution in [0.4, 0.5) is 0 Å². The molecule has 0 saturated carbocycles. The Morgan fingerprint density at radius 2 is 2.04 bits per heavy atom. The molecule has 3 aromatic heterocycles. The lowest BCUT2D eigenvalue weighted by Gasteiger charge is -2.07. The van der Waals surface area contributed by atoms with Gasteiger partial charge in [0.05, 0.1) is 12.8 Å². The van der Waals surface area contributed by atoms with Gasteiger partial charge in [0.2, 0.25) is 5.78 Å². The summed E-state index contributed by atoms with van der Waals surface area (Å²) in [7, 11) is 3.25. The quantitative estimate of drug-likeness (QED) is 0.509. The second-order valence-electron chi connectivity index (χ2n) is 6.59. The van der Waals surface area contributed by atoms with Crippen LogP contribution in [0.3, 0.4) is 0 Å². The summed E-state index contributed by atoms with van der Waals surface area (Å²) in [6.07, 6.45) is 5.45. The minimum atomic E-state index is -0.388. The molecule has 0 bridgehead atoms. The number of nitrogens with zero attached hydrogens (tertiary/aromatic N) is 5. The zero-order valence-corrected chi connectivity index (χ0v) is 16.2. The molecule has 0 atom stereocenters. The molecule has 8 nitrogen and oxygen atoms in total.